The molecule has 0 aliphatic carbocycles. The summed E-state index contributed by atoms with van der Waals surface area (Å²) in [6.07, 6.45) is 0.688. The van der Waals surface area contributed by atoms with E-state index in [1.165, 1.54) is 0 Å². The number of benzene rings is 1. The molecule has 0 spiro atoms. The third kappa shape index (κ3) is 4.88. The first-order valence-electron chi connectivity index (χ1n) is 6.24. The van der Waals surface area contributed by atoms with E-state index in [9.17, 15) is 9.59 Å². The molecule has 0 fully saturated rings. The standard InChI is InChI=1S/C14H14N2O4S/c17-13(18)8-11(12-6-7-15-21-12)16-14(19)20-9-10-4-2-1-3-5-10/h1-7,11H,8-9H2,(H,16,19)(H,17,18)/t11-/m1/s1. The Morgan fingerprint density at radius 2 is 2.05 bits per heavy atom. The van der Waals surface area contributed by atoms with Gasteiger partial charge >= 0.3 is 12.1 Å². The number of ether oxygens (including phenoxy) is 1. The molecule has 0 bridgehead atoms. The van der Waals surface area contributed by atoms with Crippen molar-refractivity contribution in [3.8, 4) is 0 Å². The van der Waals surface area contributed by atoms with Gasteiger partial charge in [-0.2, -0.15) is 0 Å². The van der Waals surface area contributed by atoms with Crippen LogP contribution in [0.25, 0.3) is 0 Å². The molecule has 1 aromatic heterocycles. The lowest BCUT2D eigenvalue weighted by Crippen LogP contribution is -2.30. The smallest absolute Gasteiger partial charge is 0.407 e. The molecule has 1 heterocycles. The van der Waals surface area contributed by atoms with Crippen LogP contribution in [0.4, 0.5) is 4.79 Å². The van der Waals surface area contributed by atoms with Gasteiger partial charge in [0.25, 0.3) is 0 Å². The highest BCUT2D eigenvalue weighted by Gasteiger charge is 2.20. The minimum atomic E-state index is -1.00. The van der Waals surface area contributed by atoms with Gasteiger partial charge in [0.15, 0.2) is 0 Å². The summed E-state index contributed by atoms with van der Waals surface area (Å²) in [6, 6.07) is 10.3. The number of hydrogen-bond acceptors (Lipinski definition) is 5. The third-order valence-electron chi connectivity index (χ3n) is 2.68. The number of nitrogens with one attached hydrogen (secondary N) is 1. The summed E-state index contributed by atoms with van der Waals surface area (Å²) in [4.78, 5) is 23.3. The van der Waals surface area contributed by atoms with Crippen molar-refractivity contribution in [2.75, 3.05) is 0 Å². The Labute approximate surface area is 125 Å². The maximum Gasteiger partial charge on any atom is 0.407 e. The van der Waals surface area contributed by atoms with Gasteiger partial charge in [0.2, 0.25) is 0 Å². The van der Waals surface area contributed by atoms with Gasteiger partial charge in [-0.15, -0.1) is 0 Å². The van der Waals surface area contributed by atoms with Crippen molar-refractivity contribution in [2.24, 2.45) is 0 Å². The van der Waals surface area contributed by atoms with Gasteiger partial charge < -0.3 is 15.2 Å². The zero-order chi connectivity index (χ0) is 15.1. The Bertz CT molecular complexity index is 586. The first-order chi connectivity index (χ1) is 10.1. The molecular formula is C14H14N2O4S. The molecule has 2 aromatic rings. The maximum absolute atomic E-state index is 11.8. The second kappa shape index (κ2) is 7.39. The molecule has 7 heteroatoms. The first kappa shape index (κ1) is 15.0. The summed E-state index contributed by atoms with van der Waals surface area (Å²) in [6.45, 7) is 0.134. The number of aromatic nitrogens is 1. The van der Waals surface area contributed by atoms with E-state index in [1.54, 1.807) is 12.3 Å². The van der Waals surface area contributed by atoms with Gasteiger partial charge in [-0.25, -0.2) is 9.17 Å². The van der Waals surface area contributed by atoms with Crippen molar-refractivity contribution < 1.29 is 19.4 Å². The lowest BCUT2D eigenvalue weighted by molar-refractivity contribution is -0.137. The fourth-order valence-corrected chi connectivity index (χ4v) is 2.34. The highest BCUT2D eigenvalue weighted by atomic mass is 32.1. The molecule has 0 saturated carbocycles. The molecule has 1 aromatic carbocycles. The van der Waals surface area contributed by atoms with Gasteiger partial charge in [-0.1, -0.05) is 30.3 Å². The van der Waals surface area contributed by atoms with Crippen LogP contribution in [0, 0.1) is 0 Å². The Hall–Kier alpha value is -2.41. The summed E-state index contributed by atoms with van der Waals surface area (Å²) in [7, 11) is 0. The summed E-state index contributed by atoms with van der Waals surface area (Å²) in [5.41, 5.74) is 0.861. The number of nitrogens with zero attached hydrogens (tertiary/aromatic N) is 1. The van der Waals surface area contributed by atoms with Crippen molar-refractivity contribution in [1.82, 2.24) is 9.69 Å². The van der Waals surface area contributed by atoms with Crippen LogP contribution < -0.4 is 5.32 Å². The van der Waals surface area contributed by atoms with E-state index < -0.39 is 18.1 Å². The topological polar surface area (TPSA) is 88.5 Å². The van der Waals surface area contributed by atoms with Crippen LogP contribution in [0.3, 0.4) is 0 Å². The van der Waals surface area contributed by atoms with Crippen molar-refractivity contribution in [1.29, 1.82) is 0 Å². The number of alkyl carbamates (subject to hydrolysis) is 1. The Balaban J connectivity index is 1.90. The number of aliphatic carboxylic acids is 1. The average molecular weight is 306 g/mol. The van der Waals surface area contributed by atoms with Crippen LogP contribution >= 0.6 is 11.5 Å². The quantitative estimate of drug-likeness (QED) is 0.856. The van der Waals surface area contributed by atoms with E-state index >= 15 is 0 Å². The van der Waals surface area contributed by atoms with Crippen molar-refractivity contribution in [3.05, 3.63) is 53.0 Å². The molecule has 0 aliphatic rings. The molecular weight excluding hydrogens is 292 g/mol. The minimum Gasteiger partial charge on any atom is -0.481 e. The molecule has 1 atom stereocenters. The van der Waals surface area contributed by atoms with Gasteiger partial charge in [-0.05, 0) is 23.2 Å². The highest BCUT2D eigenvalue weighted by molar-refractivity contribution is 7.05. The molecule has 1 amide bonds. The van der Waals surface area contributed by atoms with Crippen LogP contribution in [0.1, 0.15) is 22.9 Å². The largest absolute Gasteiger partial charge is 0.481 e. The molecule has 0 aliphatic heterocycles. The zero-order valence-electron chi connectivity index (χ0n) is 11.1. The Kier molecular flexibility index (Phi) is 5.28. The van der Waals surface area contributed by atoms with Crippen LogP contribution in [-0.4, -0.2) is 21.5 Å². The third-order valence-corrected chi connectivity index (χ3v) is 3.54. The zero-order valence-corrected chi connectivity index (χ0v) is 11.9. The fraction of sp³-hybridized carbons (Fsp3) is 0.214. The normalized spacial score (nSPS) is 11.6. The number of rotatable bonds is 6. The summed E-state index contributed by atoms with van der Waals surface area (Å²) in [5.74, 6) is -1.00. The first-order valence-corrected chi connectivity index (χ1v) is 7.02. The summed E-state index contributed by atoms with van der Waals surface area (Å²) >= 11 is 1.15. The molecule has 21 heavy (non-hydrogen) atoms. The van der Waals surface area contributed by atoms with Gasteiger partial charge in [0.05, 0.1) is 12.5 Å². The lowest BCUT2D eigenvalue weighted by atomic mass is 10.2. The number of carbonyl (C=O) groups excluding carboxylic acids is 1. The molecule has 6 nitrogen and oxygen atoms in total. The van der Waals surface area contributed by atoms with E-state index in [4.69, 9.17) is 9.84 Å². The minimum absolute atomic E-state index is 0.134. The molecule has 2 N–H and O–H groups in total. The predicted molar refractivity (Wildman–Crippen MR) is 76.9 cm³/mol. The molecule has 0 saturated heterocycles. The molecule has 110 valence electrons. The van der Waals surface area contributed by atoms with Crippen LogP contribution in [0.5, 0.6) is 0 Å². The Morgan fingerprint density at radius 3 is 2.67 bits per heavy atom. The summed E-state index contributed by atoms with van der Waals surface area (Å²) < 4.78 is 8.99. The van der Waals surface area contributed by atoms with Gasteiger partial charge in [0, 0.05) is 11.1 Å². The predicted octanol–water partition coefficient (Wildman–Crippen LogP) is 2.59. The highest BCUT2D eigenvalue weighted by Crippen LogP contribution is 2.20. The van der Waals surface area contributed by atoms with E-state index in [2.05, 4.69) is 9.69 Å². The van der Waals surface area contributed by atoms with E-state index in [0.717, 1.165) is 17.1 Å². The summed E-state index contributed by atoms with van der Waals surface area (Å²) in [5, 5.41) is 11.4. The fourth-order valence-electron chi connectivity index (χ4n) is 1.71. The van der Waals surface area contributed by atoms with E-state index in [0.29, 0.717) is 4.88 Å². The van der Waals surface area contributed by atoms with Crippen LogP contribution in [-0.2, 0) is 16.1 Å². The molecule has 0 radical (unpaired) electrons. The monoisotopic (exact) mass is 306 g/mol. The number of amides is 1. The molecule has 2 rings (SSSR count). The number of carbonyl (C=O) groups is 2. The molecule has 0 unspecified atom stereocenters. The number of hydrogen-bond donors (Lipinski definition) is 2. The average Bonchev–Trinajstić information content (AvgIpc) is 2.99. The van der Waals surface area contributed by atoms with E-state index in [1.807, 2.05) is 30.3 Å². The van der Waals surface area contributed by atoms with Gasteiger partial charge in [-0.3, -0.25) is 4.79 Å². The van der Waals surface area contributed by atoms with Gasteiger partial charge in [0.1, 0.15) is 6.61 Å². The second-order valence-electron chi connectivity index (χ2n) is 4.27. The van der Waals surface area contributed by atoms with Crippen molar-refractivity contribution in [3.63, 3.8) is 0 Å². The number of carboxylic acid groups (broad SMARTS) is 1. The number of carboxylic acids is 1. The SMILES string of the molecule is O=C(O)C[C@@H](NC(=O)OCc1ccccc1)c1ccns1. The maximum atomic E-state index is 11.8. The second-order valence-corrected chi connectivity index (χ2v) is 5.14. The van der Waals surface area contributed by atoms with Crippen LogP contribution in [0.15, 0.2) is 42.6 Å². The lowest BCUT2D eigenvalue weighted by Gasteiger charge is -2.15. The van der Waals surface area contributed by atoms with Crippen LogP contribution in [0.2, 0.25) is 0 Å². The van der Waals surface area contributed by atoms with Crippen molar-refractivity contribution in [2.45, 2.75) is 19.1 Å². The Morgan fingerprint density at radius 1 is 1.29 bits per heavy atom. The van der Waals surface area contributed by atoms with Crippen molar-refractivity contribution >= 4 is 23.6 Å². The van der Waals surface area contributed by atoms with E-state index in [-0.39, 0.29) is 13.0 Å².